The Morgan fingerprint density at radius 1 is 1.20 bits per heavy atom. The molecule has 0 radical (unpaired) electrons. The summed E-state index contributed by atoms with van der Waals surface area (Å²) in [5.41, 5.74) is 5.48. The molecule has 0 spiro atoms. The van der Waals surface area contributed by atoms with Gasteiger partial charge in [0, 0.05) is 6.67 Å². The summed E-state index contributed by atoms with van der Waals surface area (Å²) in [5.74, 6) is 2.43. The summed E-state index contributed by atoms with van der Waals surface area (Å²) in [6.45, 7) is 11.0. The van der Waals surface area contributed by atoms with E-state index in [0.29, 0.717) is 6.67 Å². The molecule has 15 heavy (non-hydrogen) atoms. The third-order valence-corrected chi connectivity index (χ3v) is 3.73. The molecule has 3 N–H and O–H groups in total. The highest BCUT2D eigenvalue weighted by Crippen LogP contribution is 2.26. The van der Waals surface area contributed by atoms with Crippen LogP contribution in [0.15, 0.2) is 0 Å². The van der Waals surface area contributed by atoms with Gasteiger partial charge in [0.25, 0.3) is 0 Å². The Hall–Kier alpha value is -0.0800. The van der Waals surface area contributed by atoms with Crippen molar-refractivity contribution in [2.75, 3.05) is 13.2 Å². The van der Waals surface area contributed by atoms with Crippen LogP contribution >= 0.6 is 0 Å². The molecular formula is C13H30N2. The average Bonchev–Trinajstić information content (AvgIpc) is 2.26. The Bertz CT molecular complexity index is 136. The molecule has 0 aliphatic rings. The summed E-state index contributed by atoms with van der Waals surface area (Å²) in [4.78, 5) is 0. The lowest BCUT2D eigenvalue weighted by Gasteiger charge is -2.28. The Kier molecular flexibility index (Phi) is 9.12. The van der Waals surface area contributed by atoms with Crippen LogP contribution in [0.1, 0.15) is 53.4 Å². The van der Waals surface area contributed by atoms with Gasteiger partial charge in [-0.15, -0.1) is 0 Å². The van der Waals surface area contributed by atoms with Crippen LogP contribution in [0, 0.1) is 17.8 Å². The minimum absolute atomic E-state index is 0.604. The molecule has 3 atom stereocenters. The summed E-state index contributed by atoms with van der Waals surface area (Å²) in [5, 5.41) is 3.27. The summed E-state index contributed by atoms with van der Waals surface area (Å²) in [6, 6.07) is 0. The zero-order valence-corrected chi connectivity index (χ0v) is 11.1. The maximum atomic E-state index is 5.48. The Labute approximate surface area is 96.0 Å². The van der Waals surface area contributed by atoms with Gasteiger partial charge in [-0.2, -0.15) is 0 Å². The van der Waals surface area contributed by atoms with Gasteiger partial charge < -0.3 is 11.1 Å². The van der Waals surface area contributed by atoms with E-state index < -0.39 is 0 Å². The van der Waals surface area contributed by atoms with Crippen molar-refractivity contribution in [2.24, 2.45) is 23.5 Å². The van der Waals surface area contributed by atoms with Crippen molar-refractivity contribution in [1.82, 2.24) is 5.32 Å². The molecule has 0 aliphatic heterocycles. The van der Waals surface area contributed by atoms with Crippen LogP contribution in [0.5, 0.6) is 0 Å². The van der Waals surface area contributed by atoms with Crippen LogP contribution in [0.4, 0.5) is 0 Å². The minimum atomic E-state index is 0.604. The van der Waals surface area contributed by atoms with Crippen molar-refractivity contribution in [3.8, 4) is 0 Å². The fourth-order valence-corrected chi connectivity index (χ4v) is 2.22. The minimum Gasteiger partial charge on any atom is -0.318 e. The molecule has 0 amide bonds. The van der Waals surface area contributed by atoms with E-state index in [4.69, 9.17) is 5.73 Å². The number of hydrogen-bond acceptors (Lipinski definition) is 2. The summed E-state index contributed by atoms with van der Waals surface area (Å²) in [6.07, 6.45) is 5.31. The first kappa shape index (κ1) is 14.9. The lowest BCUT2D eigenvalue weighted by molar-refractivity contribution is 0.234. The third kappa shape index (κ3) is 6.16. The predicted molar refractivity (Wildman–Crippen MR) is 68.7 cm³/mol. The molecule has 92 valence electrons. The van der Waals surface area contributed by atoms with Crippen LogP contribution < -0.4 is 11.1 Å². The van der Waals surface area contributed by atoms with E-state index in [1.54, 1.807) is 0 Å². The highest BCUT2D eigenvalue weighted by atomic mass is 15.0. The van der Waals surface area contributed by atoms with E-state index in [9.17, 15) is 0 Å². The maximum Gasteiger partial charge on any atom is 0.0428 e. The first-order valence-corrected chi connectivity index (χ1v) is 6.58. The van der Waals surface area contributed by atoms with Gasteiger partial charge in [-0.3, -0.25) is 0 Å². The fourth-order valence-electron chi connectivity index (χ4n) is 2.22. The zero-order valence-electron chi connectivity index (χ0n) is 11.1. The molecule has 0 aromatic rings. The second-order valence-electron chi connectivity index (χ2n) is 4.81. The molecule has 2 unspecified atom stereocenters. The molecule has 2 heteroatoms. The van der Waals surface area contributed by atoms with Gasteiger partial charge in [0.2, 0.25) is 0 Å². The lowest BCUT2D eigenvalue weighted by atomic mass is 9.80. The number of nitrogens with one attached hydrogen (secondary N) is 1. The van der Waals surface area contributed by atoms with Crippen molar-refractivity contribution in [3.63, 3.8) is 0 Å². The monoisotopic (exact) mass is 214 g/mol. The van der Waals surface area contributed by atoms with E-state index in [0.717, 1.165) is 24.3 Å². The highest BCUT2D eigenvalue weighted by Gasteiger charge is 2.20. The quantitative estimate of drug-likeness (QED) is 0.579. The summed E-state index contributed by atoms with van der Waals surface area (Å²) >= 11 is 0. The fraction of sp³-hybridized carbons (Fsp3) is 1.00. The van der Waals surface area contributed by atoms with Crippen molar-refractivity contribution in [1.29, 1.82) is 0 Å². The topological polar surface area (TPSA) is 38.0 Å². The predicted octanol–water partition coefficient (Wildman–Crippen LogP) is 2.98. The second kappa shape index (κ2) is 9.17. The highest BCUT2D eigenvalue weighted by molar-refractivity contribution is 4.72. The number of hydrogen-bond donors (Lipinski definition) is 2. The Morgan fingerprint density at radius 2 is 1.87 bits per heavy atom. The Balaban J connectivity index is 3.93. The molecule has 0 fully saturated rings. The smallest absolute Gasteiger partial charge is 0.0428 e. The summed E-state index contributed by atoms with van der Waals surface area (Å²) < 4.78 is 0. The van der Waals surface area contributed by atoms with Crippen LogP contribution in [0.3, 0.4) is 0 Å². The van der Waals surface area contributed by atoms with E-state index in [1.807, 2.05) is 0 Å². The van der Waals surface area contributed by atoms with Gasteiger partial charge in [0.15, 0.2) is 0 Å². The second-order valence-corrected chi connectivity index (χ2v) is 4.81. The van der Waals surface area contributed by atoms with Gasteiger partial charge in [-0.05, 0) is 24.3 Å². The van der Waals surface area contributed by atoms with Crippen LogP contribution in [0.2, 0.25) is 0 Å². The van der Waals surface area contributed by atoms with Crippen molar-refractivity contribution in [2.45, 2.75) is 53.4 Å². The molecule has 0 rings (SSSR count). The maximum absolute atomic E-state index is 5.48. The van der Waals surface area contributed by atoms with E-state index in [1.165, 1.54) is 25.7 Å². The molecule has 0 aliphatic carbocycles. The average molecular weight is 214 g/mol. The number of nitrogens with two attached hydrogens (primary N) is 1. The van der Waals surface area contributed by atoms with Gasteiger partial charge in [0.05, 0.1) is 0 Å². The van der Waals surface area contributed by atoms with Crippen molar-refractivity contribution in [3.05, 3.63) is 0 Å². The summed E-state index contributed by atoms with van der Waals surface area (Å²) in [7, 11) is 0. The molecule has 0 bridgehead atoms. The zero-order chi connectivity index (χ0) is 11.7. The Morgan fingerprint density at radius 3 is 2.33 bits per heavy atom. The van der Waals surface area contributed by atoms with E-state index in [-0.39, 0.29) is 0 Å². The molecule has 0 aromatic carbocycles. The normalized spacial score (nSPS) is 17.4. The van der Waals surface area contributed by atoms with Crippen molar-refractivity contribution >= 4 is 0 Å². The third-order valence-electron chi connectivity index (χ3n) is 3.73. The van der Waals surface area contributed by atoms with E-state index in [2.05, 4.69) is 33.0 Å². The van der Waals surface area contributed by atoms with Gasteiger partial charge >= 0.3 is 0 Å². The lowest BCUT2D eigenvalue weighted by Crippen LogP contribution is -2.32. The van der Waals surface area contributed by atoms with Crippen LogP contribution in [-0.2, 0) is 0 Å². The standard InChI is InChI=1S/C13H30N2/c1-5-7-8-11(3)12(4)13(6-2)9-15-10-14/h11-13,15H,5-10,14H2,1-4H3/t11-,12?,13?/m1/s1. The van der Waals surface area contributed by atoms with E-state index >= 15 is 0 Å². The SMILES string of the molecule is CCCC[C@@H](C)C(C)C(CC)CNCN. The van der Waals surface area contributed by atoms with Gasteiger partial charge in [-0.25, -0.2) is 0 Å². The number of rotatable bonds is 9. The largest absolute Gasteiger partial charge is 0.318 e. The number of unbranched alkanes of at least 4 members (excludes halogenated alkanes) is 1. The van der Waals surface area contributed by atoms with Gasteiger partial charge in [0.1, 0.15) is 0 Å². The molecule has 0 saturated carbocycles. The first-order valence-electron chi connectivity index (χ1n) is 6.58. The van der Waals surface area contributed by atoms with Crippen LogP contribution in [0.25, 0.3) is 0 Å². The van der Waals surface area contributed by atoms with Crippen molar-refractivity contribution < 1.29 is 0 Å². The molecular weight excluding hydrogens is 184 g/mol. The first-order chi connectivity index (χ1) is 7.17. The van der Waals surface area contributed by atoms with Gasteiger partial charge in [-0.1, -0.05) is 53.4 Å². The van der Waals surface area contributed by atoms with Crippen LogP contribution in [-0.4, -0.2) is 13.2 Å². The molecule has 0 aromatic heterocycles. The molecule has 0 heterocycles. The molecule has 0 saturated heterocycles. The molecule has 2 nitrogen and oxygen atoms in total.